The number of thiazole rings is 1. The summed E-state index contributed by atoms with van der Waals surface area (Å²) in [5, 5.41) is 0.642. The molecule has 0 radical (unpaired) electrons. The number of rotatable bonds is 3. The molecule has 0 aliphatic carbocycles. The highest BCUT2D eigenvalue weighted by atomic mass is 79.9. The van der Waals surface area contributed by atoms with Crippen LogP contribution >= 0.6 is 59.1 Å². The lowest BCUT2D eigenvalue weighted by atomic mass is 10.0. The average Bonchev–Trinajstić information content (AvgIpc) is 2.65. The van der Waals surface area contributed by atoms with E-state index in [1.165, 1.54) is 10.4 Å². The van der Waals surface area contributed by atoms with E-state index in [4.69, 9.17) is 5.73 Å². The summed E-state index contributed by atoms with van der Waals surface area (Å²) in [5.74, 6) is 0.386. The Morgan fingerprint density at radius 2 is 1.79 bits per heavy atom. The number of nitrogens with zero attached hydrogens (tertiary/aromatic N) is 1. The average molecular weight is 469 g/mol. The van der Waals surface area contributed by atoms with E-state index in [1.54, 1.807) is 11.3 Å². The lowest BCUT2D eigenvalue weighted by Crippen LogP contribution is -1.97. The molecule has 0 bridgehead atoms. The van der Waals surface area contributed by atoms with Gasteiger partial charge >= 0.3 is 0 Å². The van der Waals surface area contributed by atoms with Crippen LogP contribution in [0.25, 0.3) is 0 Å². The van der Waals surface area contributed by atoms with Crippen LogP contribution < -0.4 is 5.73 Å². The summed E-state index contributed by atoms with van der Waals surface area (Å²) in [6.45, 7) is 4.29. The van der Waals surface area contributed by atoms with Crippen molar-refractivity contribution < 1.29 is 0 Å². The van der Waals surface area contributed by atoms with Crippen molar-refractivity contribution in [1.82, 2.24) is 4.98 Å². The Labute approximate surface area is 142 Å². The van der Waals surface area contributed by atoms with Gasteiger partial charge in [0.25, 0.3) is 0 Å². The third-order valence-corrected chi connectivity index (χ3v) is 5.51. The van der Waals surface area contributed by atoms with Crippen LogP contribution in [0.15, 0.2) is 25.6 Å². The maximum atomic E-state index is 5.85. The first kappa shape index (κ1) is 15.5. The molecule has 1 heterocycles. The smallest absolute Gasteiger partial charge is 0.180 e. The van der Waals surface area contributed by atoms with E-state index in [0.717, 1.165) is 25.5 Å². The summed E-state index contributed by atoms with van der Waals surface area (Å²) in [4.78, 5) is 5.67. The van der Waals surface area contributed by atoms with Gasteiger partial charge in [0.15, 0.2) is 5.13 Å². The van der Waals surface area contributed by atoms with Crippen LogP contribution in [0.4, 0.5) is 5.13 Å². The molecular weight excluding hydrogens is 456 g/mol. The van der Waals surface area contributed by atoms with Gasteiger partial charge in [0, 0.05) is 24.7 Å². The van der Waals surface area contributed by atoms with Crippen LogP contribution in [-0.2, 0) is 6.42 Å². The minimum absolute atomic E-state index is 0.386. The van der Waals surface area contributed by atoms with Crippen molar-refractivity contribution in [3.05, 3.63) is 41.7 Å². The van der Waals surface area contributed by atoms with Gasteiger partial charge in [-0.15, -0.1) is 11.3 Å². The molecule has 0 spiro atoms. The minimum Gasteiger partial charge on any atom is -0.375 e. The number of aromatic nitrogens is 1. The van der Waals surface area contributed by atoms with Crippen LogP contribution in [0.5, 0.6) is 0 Å². The molecule has 0 aliphatic heterocycles. The molecule has 0 atom stereocenters. The van der Waals surface area contributed by atoms with Crippen LogP contribution in [0.1, 0.15) is 35.9 Å². The zero-order valence-electron chi connectivity index (χ0n) is 10.5. The van der Waals surface area contributed by atoms with E-state index in [0.29, 0.717) is 11.0 Å². The van der Waals surface area contributed by atoms with Crippen molar-refractivity contribution in [2.24, 2.45) is 0 Å². The van der Waals surface area contributed by atoms with Gasteiger partial charge in [0.05, 0.1) is 5.69 Å². The second-order valence-corrected chi connectivity index (χ2v) is 8.28. The summed E-state index contributed by atoms with van der Waals surface area (Å²) in [6, 6.07) is 4.11. The first-order chi connectivity index (χ1) is 8.88. The van der Waals surface area contributed by atoms with Crippen molar-refractivity contribution in [3.63, 3.8) is 0 Å². The van der Waals surface area contributed by atoms with Gasteiger partial charge in [0.2, 0.25) is 0 Å². The molecule has 1 aromatic heterocycles. The fraction of sp³-hybridized carbons (Fsp3) is 0.308. The highest BCUT2D eigenvalue weighted by Gasteiger charge is 2.16. The SMILES string of the molecule is CC(C)c1nc(N)sc1Cc1c(Br)cc(Br)cc1Br. The molecule has 0 saturated carbocycles. The Bertz CT molecular complexity index is 585. The monoisotopic (exact) mass is 466 g/mol. The van der Waals surface area contributed by atoms with Gasteiger partial charge in [-0.05, 0) is 23.6 Å². The Hall–Kier alpha value is 0.0900. The molecule has 2 N–H and O–H groups in total. The highest BCUT2D eigenvalue weighted by molar-refractivity contribution is 9.11. The minimum atomic E-state index is 0.386. The Kier molecular flexibility index (Phi) is 5.09. The van der Waals surface area contributed by atoms with Crippen molar-refractivity contribution in [2.75, 3.05) is 5.73 Å². The topological polar surface area (TPSA) is 38.9 Å². The first-order valence-electron chi connectivity index (χ1n) is 5.77. The number of halogens is 3. The number of anilines is 1. The third kappa shape index (κ3) is 3.60. The summed E-state index contributed by atoms with van der Waals surface area (Å²) in [7, 11) is 0. The fourth-order valence-electron chi connectivity index (χ4n) is 1.86. The number of hydrogen-bond acceptors (Lipinski definition) is 3. The normalized spacial score (nSPS) is 11.3. The Morgan fingerprint density at radius 3 is 2.32 bits per heavy atom. The van der Waals surface area contributed by atoms with Gasteiger partial charge in [-0.2, -0.15) is 0 Å². The maximum absolute atomic E-state index is 5.85. The number of nitrogens with two attached hydrogens (primary N) is 1. The standard InChI is InChI=1S/C13H13Br3N2S/c1-6(2)12-11(19-13(17)18-12)5-8-9(15)3-7(14)4-10(8)16/h3-4,6H,5H2,1-2H3,(H2,17,18). The molecule has 0 aliphatic rings. The Balaban J connectivity index is 2.42. The zero-order valence-corrected chi connectivity index (χ0v) is 16.1. The molecular formula is C13H13Br3N2S. The van der Waals surface area contributed by atoms with Gasteiger partial charge in [0.1, 0.15) is 0 Å². The molecule has 2 rings (SSSR count). The number of hydrogen-bond donors (Lipinski definition) is 1. The summed E-state index contributed by atoms with van der Waals surface area (Å²) < 4.78 is 3.20. The van der Waals surface area contributed by atoms with Crippen molar-refractivity contribution in [2.45, 2.75) is 26.2 Å². The van der Waals surface area contributed by atoms with Crippen LogP contribution in [0.3, 0.4) is 0 Å². The second-order valence-electron chi connectivity index (χ2n) is 4.54. The lowest BCUT2D eigenvalue weighted by Gasteiger charge is -2.09. The van der Waals surface area contributed by atoms with Crippen LogP contribution in [0, 0.1) is 0 Å². The van der Waals surface area contributed by atoms with Gasteiger partial charge in [-0.3, -0.25) is 0 Å². The maximum Gasteiger partial charge on any atom is 0.180 e. The molecule has 102 valence electrons. The van der Waals surface area contributed by atoms with Crippen LogP contribution in [0.2, 0.25) is 0 Å². The third-order valence-electron chi connectivity index (χ3n) is 2.73. The van der Waals surface area contributed by atoms with Crippen molar-refractivity contribution >= 4 is 64.3 Å². The van der Waals surface area contributed by atoms with E-state index >= 15 is 0 Å². The molecule has 6 heteroatoms. The molecule has 1 aromatic carbocycles. The molecule has 0 unspecified atom stereocenters. The molecule has 2 nitrogen and oxygen atoms in total. The molecule has 19 heavy (non-hydrogen) atoms. The van der Waals surface area contributed by atoms with Crippen LogP contribution in [-0.4, -0.2) is 4.98 Å². The van der Waals surface area contributed by atoms with Gasteiger partial charge in [-0.1, -0.05) is 61.6 Å². The largest absolute Gasteiger partial charge is 0.375 e. The first-order valence-corrected chi connectivity index (χ1v) is 8.96. The highest BCUT2D eigenvalue weighted by Crippen LogP contribution is 2.35. The fourth-order valence-corrected chi connectivity index (χ4v) is 5.40. The summed E-state index contributed by atoms with van der Waals surface area (Å²) in [5.41, 5.74) is 8.17. The quantitative estimate of drug-likeness (QED) is 0.625. The van der Waals surface area contributed by atoms with E-state index in [1.807, 2.05) is 0 Å². The second kappa shape index (κ2) is 6.24. The molecule has 0 fully saturated rings. The van der Waals surface area contributed by atoms with Gasteiger partial charge in [-0.25, -0.2) is 4.98 Å². The molecule has 2 aromatic rings. The number of benzene rings is 1. The predicted octanol–water partition coefficient (Wildman–Crippen LogP) is 5.73. The Morgan fingerprint density at radius 1 is 1.21 bits per heavy atom. The zero-order chi connectivity index (χ0) is 14.2. The van der Waals surface area contributed by atoms with E-state index in [2.05, 4.69) is 78.8 Å². The summed E-state index contributed by atoms with van der Waals surface area (Å²) >= 11 is 12.3. The van der Waals surface area contributed by atoms with Crippen molar-refractivity contribution in [1.29, 1.82) is 0 Å². The van der Waals surface area contributed by atoms with Crippen molar-refractivity contribution in [3.8, 4) is 0 Å². The molecule has 0 saturated heterocycles. The summed E-state index contributed by atoms with van der Waals surface area (Å²) in [6.07, 6.45) is 0.830. The van der Waals surface area contributed by atoms with E-state index in [-0.39, 0.29) is 0 Å². The predicted molar refractivity (Wildman–Crippen MR) is 93.0 cm³/mol. The van der Waals surface area contributed by atoms with Gasteiger partial charge < -0.3 is 5.73 Å². The lowest BCUT2D eigenvalue weighted by molar-refractivity contribution is 0.820. The van der Waals surface area contributed by atoms with E-state index in [9.17, 15) is 0 Å². The number of nitrogen functional groups attached to an aromatic ring is 1. The van der Waals surface area contributed by atoms with E-state index < -0.39 is 0 Å². The molecule has 0 amide bonds.